The Bertz CT molecular complexity index is 1630. The number of hydrogen-bond donors (Lipinski definition) is 6. The molecule has 6 N–H and O–H groups in total. The van der Waals surface area contributed by atoms with Crippen molar-refractivity contribution in [1.29, 1.82) is 0 Å². The van der Waals surface area contributed by atoms with Crippen LogP contribution in [0.1, 0.15) is 69.5 Å². The summed E-state index contributed by atoms with van der Waals surface area (Å²) in [5.74, 6) is -1.40. The van der Waals surface area contributed by atoms with Gasteiger partial charge in [-0.2, -0.15) is 0 Å². The number of unbranched alkanes of at least 4 members (excludes halogenated alkanes) is 6. The van der Waals surface area contributed by atoms with E-state index in [1.54, 1.807) is 36.4 Å². The van der Waals surface area contributed by atoms with Crippen molar-refractivity contribution in [3.8, 4) is 22.6 Å². The third kappa shape index (κ3) is 11.6. The van der Waals surface area contributed by atoms with Crippen LogP contribution < -0.4 is 14.9 Å². The maximum Gasteiger partial charge on any atom is 0.412 e. The Morgan fingerprint density at radius 3 is 2.27 bits per heavy atom. The van der Waals surface area contributed by atoms with E-state index in [0.717, 1.165) is 77.4 Å². The number of rotatable bonds is 18. The number of phenolic OH excluding ortho intramolecular Hbond substituents is 2. The minimum atomic E-state index is -3.55. The number of amides is 1. The average Bonchev–Trinajstić information content (AvgIpc) is 3.06. The number of aliphatic hydroxyl groups excluding tert-OH is 1. The Morgan fingerprint density at radius 1 is 0.939 bits per heavy atom. The molecule has 1 saturated heterocycles. The molecule has 1 aliphatic heterocycles. The van der Waals surface area contributed by atoms with Crippen LogP contribution in [-0.2, 0) is 10.0 Å². The molecule has 1 atom stereocenters. The molecule has 0 saturated carbocycles. The fourth-order valence-electron chi connectivity index (χ4n) is 6.33. The van der Waals surface area contributed by atoms with Gasteiger partial charge in [-0.05, 0) is 80.2 Å². The number of halogens is 1. The summed E-state index contributed by atoms with van der Waals surface area (Å²) in [7, 11) is -3.55. The summed E-state index contributed by atoms with van der Waals surface area (Å²) in [5, 5.41) is 43.4. The first-order valence-corrected chi connectivity index (χ1v) is 18.8. The predicted molar refractivity (Wildman–Crippen MR) is 190 cm³/mol. The van der Waals surface area contributed by atoms with E-state index in [9.17, 15) is 38.0 Å². The number of nitrogens with one attached hydrogen (secondary N) is 2. The van der Waals surface area contributed by atoms with Crippen molar-refractivity contribution >= 4 is 27.5 Å². The van der Waals surface area contributed by atoms with E-state index < -0.39 is 33.8 Å². The molecule has 3 aromatic carbocycles. The Balaban J connectivity index is 1.08. The van der Waals surface area contributed by atoms with Crippen LogP contribution in [0.15, 0.2) is 60.7 Å². The summed E-state index contributed by atoms with van der Waals surface area (Å²) in [6, 6.07) is 15.4. The Kier molecular flexibility index (Phi) is 14.1. The van der Waals surface area contributed by atoms with Crippen molar-refractivity contribution in [3.05, 3.63) is 72.0 Å². The highest BCUT2D eigenvalue weighted by Gasteiger charge is 2.30. The first kappa shape index (κ1) is 37.9. The highest BCUT2D eigenvalue weighted by atomic mass is 32.2. The van der Waals surface area contributed by atoms with Crippen molar-refractivity contribution < 1.29 is 38.0 Å². The van der Waals surface area contributed by atoms with Crippen LogP contribution in [0.3, 0.4) is 0 Å². The summed E-state index contributed by atoms with van der Waals surface area (Å²) in [6.45, 7) is 3.71. The van der Waals surface area contributed by atoms with Gasteiger partial charge in [-0.25, -0.2) is 17.6 Å². The largest absolute Gasteiger partial charge is 0.506 e. The summed E-state index contributed by atoms with van der Waals surface area (Å²) >= 11 is 0. The molecule has 0 radical (unpaired) electrons. The molecule has 4 rings (SSSR count). The lowest BCUT2D eigenvalue weighted by Crippen LogP contribution is -2.47. The zero-order chi connectivity index (χ0) is 35.4. The van der Waals surface area contributed by atoms with Gasteiger partial charge in [0.05, 0.1) is 23.7 Å². The van der Waals surface area contributed by atoms with Crippen LogP contribution in [0.4, 0.5) is 20.6 Å². The molecule has 0 aliphatic carbocycles. The van der Waals surface area contributed by atoms with Crippen molar-refractivity contribution in [3.63, 3.8) is 0 Å². The lowest BCUT2D eigenvalue weighted by Gasteiger charge is -2.38. The van der Waals surface area contributed by atoms with E-state index in [4.69, 9.17) is 0 Å². The SMILES string of the molecule is CS(=O)(=O)Nc1cc([C@@H](O)CNCCCCCCCCCN2CCC(N(C(=O)O)c3ccccc3-c3ccc(O)c(F)c3)CC2)ccc1O. The van der Waals surface area contributed by atoms with E-state index in [1.807, 2.05) is 0 Å². The molecule has 11 nitrogen and oxygen atoms in total. The molecule has 13 heteroatoms. The molecule has 1 heterocycles. The van der Waals surface area contributed by atoms with Gasteiger partial charge in [-0.15, -0.1) is 0 Å². The van der Waals surface area contributed by atoms with E-state index in [2.05, 4.69) is 14.9 Å². The zero-order valence-electron chi connectivity index (χ0n) is 28.0. The van der Waals surface area contributed by atoms with Crippen LogP contribution in [0, 0.1) is 5.82 Å². The number of carboxylic acid groups (broad SMARTS) is 1. The smallest absolute Gasteiger partial charge is 0.412 e. The molecule has 268 valence electrons. The average molecular weight is 701 g/mol. The molecule has 49 heavy (non-hydrogen) atoms. The fraction of sp³-hybridized carbons (Fsp3) is 0.472. The van der Waals surface area contributed by atoms with Gasteiger partial charge in [0.25, 0.3) is 0 Å². The third-order valence-corrected chi connectivity index (χ3v) is 9.51. The van der Waals surface area contributed by atoms with Crippen molar-refractivity contribution in [1.82, 2.24) is 10.2 Å². The monoisotopic (exact) mass is 700 g/mol. The van der Waals surface area contributed by atoms with Gasteiger partial charge < -0.3 is 30.6 Å². The molecular weight excluding hydrogens is 651 g/mol. The Hall–Kier alpha value is -3.91. The summed E-state index contributed by atoms with van der Waals surface area (Å²) in [6.07, 6.45) is 8.33. The Labute approximate surface area is 288 Å². The number of carbonyl (C=O) groups is 1. The zero-order valence-corrected chi connectivity index (χ0v) is 28.8. The minimum Gasteiger partial charge on any atom is -0.506 e. The highest BCUT2D eigenvalue weighted by Crippen LogP contribution is 2.35. The molecular formula is C36H49FN4O7S. The number of likely N-dealkylation sites (tertiary alicyclic amines) is 1. The number of hydrogen-bond acceptors (Lipinski definition) is 8. The molecule has 0 unspecified atom stereocenters. The molecule has 1 aliphatic rings. The number of nitrogens with zero attached hydrogens (tertiary/aromatic N) is 2. The Morgan fingerprint density at radius 2 is 1.59 bits per heavy atom. The fourth-order valence-corrected chi connectivity index (χ4v) is 6.89. The number of benzene rings is 3. The van der Waals surface area contributed by atoms with Gasteiger partial charge in [0, 0.05) is 31.2 Å². The number of anilines is 2. The van der Waals surface area contributed by atoms with Crippen LogP contribution in [-0.4, -0.2) is 84.9 Å². The predicted octanol–water partition coefficient (Wildman–Crippen LogP) is 6.28. The number of piperidine rings is 1. The standard InChI is InChI=1S/C36H49FN4O7S/c1-49(47,48)39-31-24-27(14-16-34(31)43)35(44)25-38-19-9-5-3-2-4-6-10-20-40-21-17-28(18-22-40)41(36(45)46)32-12-8-7-11-29(32)26-13-15-33(42)30(37)23-26/h7-8,11-16,23-24,28,35,38-39,42-44H,2-6,9-10,17-22,25H2,1H3,(H,45,46)/t35-/m0/s1. The molecule has 0 spiro atoms. The van der Waals surface area contributed by atoms with Gasteiger partial charge >= 0.3 is 6.09 Å². The molecule has 0 aromatic heterocycles. The van der Waals surface area contributed by atoms with Gasteiger partial charge in [-0.3, -0.25) is 9.62 Å². The van der Waals surface area contributed by atoms with Gasteiger partial charge in [0.15, 0.2) is 11.6 Å². The van der Waals surface area contributed by atoms with E-state index in [-0.39, 0.29) is 17.5 Å². The van der Waals surface area contributed by atoms with Crippen LogP contribution >= 0.6 is 0 Å². The number of para-hydroxylation sites is 1. The summed E-state index contributed by atoms with van der Waals surface area (Å²) < 4.78 is 39.3. The van der Waals surface area contributed by atoms with Gasteiger partial charge in [-0.1, -0.05) is 62.4 Å². The second-order valence-corrected chi connectivity index (χ2v) is 14.5. The van der Waals surface area contributed by atoms with E-state index >= 15 is 0 Å². The maximum atomic E-state index is 14.1. The lowest BCUT2D eigenvalue weighted by molar-refractivity contribution is 0.174. The first-order chi connectivity index (χ1) is 23.4. The van der Waals surface area contributed by atoms with Crippen LogP contribution in [0.2, 0.25) is 0 Å². The maximum absolute atomic E-state index is 14.1. The molecule has 1 fully saturated rings. The van der Waals surface area contributed by atoms with Gasteiger partial charge in [0.1, 0.15) is 5.75 Å². The summed E-state index contributed by atoms with van der Waals surface area (Å²) in [5.41, 5.74) is 2.18. The van der Waals surface area contributed by atoms with E-state index in [0.29, 0.717) is 41.8 Å². The second kappa shape index (κ2) is 18.2. The molecule has 0 bridgehead atoms. The third-order valence-electron chi connectivity index (χ3n) is 8.92. The number of sulfonamides is 1. The molecule has 1 amide bonds. The number of aromatic hydroxyl groups is 2. The van der Waals surface area contributed by atoms with Crippen molar-refractivity contribution in [2.75, 3.05) is 48.6 Å². The van der Waals surface area contributed by atoms with Gasteiger partial charge in [0.2, 0.25) is 10.0 Å². The summed E-state index contributed by atoms with van der Waals surface area (Å²) in [4.78, 5) is 16.3. The topological polar surface area (TPSA) is 163 Å². The quantitative estimate of drug-likeness (QED) is 0.0663. The van der Waals surface area contributed by atoms with Crippen molar-refractivity contribution in [2.45, 2.75) is 69.9 Å². The molecule has 3 aromatic rings. The number of aliphatic hydroxyl groups is 1. The van der Waals surface area contributed by atoms with Crippen molar-refractivity contribution in [2.24, 2.45) is 0 Å². The van der Waals surface area contributed by atoms with Crippen LogP contribution in [0.5, 0.6) is 11.5 Å². The lowest BCUT2D eigenvalue weighted by atomic mass is 9.98. The van der Waals surface area contributed by atoms with Crippen LogP contribution in [0.25, 0.3) is 11.1 Å². The first-order valence-electron chi connectivity index (χ1n) is 16.9. The normalized spacial score (nSPS) is 14.8. The highest BCUT2D eigenvalue weighted by molar-refractivity contribution is 7.92. The second-order valence-electron chi connectivity index (χ2n) is 12.8. The minimum absolute atomic E-state index is 0.0388. The number of phenols is 2. The van der Waals surface area contributed by atoms with E-state index in [1.165, 1.54) is 29.2 Å².